The Hall–Kier alpha value is -1.71. The second kappa shape index (κ2) is 5.35. The lowest BCUT2D eigenvalue weighted by Crippen LogP contribution is -2.14. The first-order chi connectivity index (χ1) is 9.28. The van der Waals surface area contributed by atoms with Crippen LogP contribution in [-0.2, 0) is 10.0 Å². The molecule has 2 aromatic heterocycles. The van der Waals surface area contributed by atoms with Gasteiger partial charge in [-0.1, -0.05) is 11.6 Å². The van der Waals surface area contributed by atoms with Crippen molar-refractivity contribution in [3.63, 3.8) is 0 Å². The van der Waals surface area contributed by atoms with Gasteiger partial charge in [0.05, 0.1) is 0 Å². The van der Waals surface area contributed by atoms with Crippen molar-refractivity contribution >= 4 is 44.9 Å². The molecule has 0 aromatic carbocycles. The summed E-state index contributed by atoms with van der Waals surface area (Å²) < 4.78 is 26.1. The summed E-state index contributed by atoms with van der Waals surface area (Å²) in [5.74, 6) is -1.36. The molecule has 0 amide bonds. The van der Waals surface area contributed by atoms with Crippen LogP contribution in [0.4, 0.5) is 5.95 Å². The maximum absolute atomic E-state index is 12.0. The SMILES string of the molecule is Cc1cc(Cl)nc(NS(=O)(=O)c2ccc(C(=O)O)s2)n1. The van der Waals surface area contributed by atoms with Crippen molar-refractivity contribution in [3.8, 4) is 0 Å². The first kappa shape index (κ1) is 14.7. The number of thiophene rings is 1. The summed E-state index contributed by atoms with van der Waals surface area (Å²) in [4.78, 5) is 18.3. The molecular formula is C10H8ClN3O4S2. The van der Waals surface area contributed by atoms with Gasteiger partial charge in [0.2, 0.25) is 5.95 Å². The number of hydrogen-bond acceptors (Lipinski definition) is 6. The maximum Gasteiger partial charge on any atom is 0.345 e. The molecule has 0 bridgehead atoms. The lowest BCUT2D eigenvalue weighted by atomic mass is 10.5. The number of aromatic carboxylic acids is 1. The molecule has 2 N–H and O–H groups in total. The number of carboxylic acids is 1. The Morgan fingerprint density at radius 2 is 2.10 bits per heavy atom. The number of rotatable bonds is 4. The smallest absolute Gasteiger partial charge is 0.345 e. The number of nitrogens with zero attached hydrogens (tertiary/aromatic N) is 2. The lowest BCUT2D eigenvalue weighted by molar-refractivity contribution is 0.0702. The third kappa shape index (κ3) is 3.24. The van der Waals surface area contributed by atoms with Crippen molar-refractivity contribution in [2.75, 3.05) is 4.72 Å². The molecule has 0 spiro atoms. The van der Waals surface area contributed by atoms with E-state index < -0.39 is 16.0 Å². The highest BCUT2D eigenvalue weighted by Crippen LogP contribution is 2.23. The molecule has 0 saturated heterocycles. The average Bonchev–Trinajstić information content (AvgIpc) is 2.76. The predicted octanol–water partition coefficient (Wildman–Crippen LogP) is 2.00. The van der Waals surface area contributed by atoms with Crippen LogP contribution in [0.1, 0.15) is 15.4 Å². The van der Waals surface area contributed by atoms with Crippen LogP contribution < -0.4 is 4.72 Å². The molecule has 0 unspecified atom stereocenters. The first-order valence-corrected chi connectivity index (χ1v) is 7.83. The summed E-state index contributed by atoms with van der Waals surface area (Å²) in [6.07, 6.45) is 0. The molecule has 0 fully saturated rings. The number of hydrogen-bond donors (Lipinski definition) is 2. The monoisotopic (exact) mass is 333 g/mol. The summed E-state index contributed by atoms with van der Waals surface area (Å²) in [6, 6.07) is 3.90. The fourth-order valence-corrected chi connectivity index (χ4v) is 3.65. The van der Waals surface area contributed by atoms with Crippen molar-refractivity contribution < 1.29 is 18.3 Å². The molecule has 106 valence electrons. The fraction of sp³-hybridized carbons (Fsp3) is 0.100. The number of sulfonamides is 1. The van der Waals surface area contributed by atoms with E-state index in [4.69, 9.17) is 16.7 Å². The number of anilines is 1. The minimum absolute atomic E-state index is 0.0754. The Kier molecular flexibility index (Phi) is 3.93. The molecule has 2 aromatic rings. The third-order valence-corrected chi connectivity index (χ3v) is 5.19. The Balaban J connectivity index is 2.32. The van der Waals surface area contributed by atoms with E-state index in [1.165, 1.54) is 18.2 Å². The normalized spacial score (nSPS) is 11.3. The van der Waals surface area contributed by atoms with E-state index in [1.807, 2.05) is 0 Å². The number of aromatic nitrogens is 2. The minimum atomic E-state index is -3.94. The molecule has 20 heavy (non-hydrogen) atoms. The molecule has 0 aliphatic heterocycles. The molecule has 0 atom stereocenters. The van der Waals surface area contributed by atoms with Gasteiger partial charge in [0.15, 0.2) is 0 Å². The summed E-state index contributed by atoms with van der Waals surface area (Å²) in [5.41, 5.74) is 0.500. The van der Waals surface area contributed by atoms with Crippen LogP contribution in [0.3, 0.4) is 0 Å². The quantitative estimate of drug-likeness (QED) is 0.828. The van der Waals surface area contributed by atoms with Crippen molar-refractivity contribution in [2.45, 2.75) is 11.1 Å². The van der Waals surface area contributed by atoms with E-state index in [0.717, 1.165) is 0 Å². The van der Waals surface area contributed by atoms with E-state index in [1.54, 1.807) is 6.92 Å². The van der Waals surface area contributed by atoms with Crippen LogP contribution in [0.25, 0.3) is 0 Å². The number of nitrogens with one attached hydrogen (secondary N) is 1. The van der Waals surface area contributed by atoms with Crippen molar-refractivity contribution in [3.05, 3.63) is 33.9 Å². The van der Waals surface area contributed by atoms with Gasteiger partial charge in [-0.3, -0.25) is 0 Å². The van der Waals surface area contributed by atoms with Crippen LogP contribution >= 0.6 is 22.9 Å². The van der Waals surface area contributed by atoms with Gasteiger partial charge in [0, 0.05) is 5.69 Å². The van der Waals surface area contributed by atoms with E-state index in [-0.39, 0.29) is 20.2 Å². The zero-order valence-electron chi connectivity index (χ0n) is 9.99. The third-order valence-electron chi connectivity index (χ3n) is 2.11. The van der Waals surface area contributed by atoms with Crippen molar-refractivity contribution in [1.29, 1.82) is 0 Å². The minimum Gasteiger partial charge on any atom is -0.477 e. The standard InChI is InChI=1S/C10H8ClN3O4S2/c1-5-4-7(11)13-10(12-5)14-20(17,18)8-3-2-6(19-8)9(15)16/h2-4H,1H3,(H,15,16)(H,12,13,14). The van der Waals surface area contributed by atoms with Gasteiger partial charge in [0.25, 0.3) is 10.0 Å². The number of halogens is 1. The van der Waals surface area contributed by atoms with Gasteiger partial charge in [-0.05, 0) is 25.1 Å². The second-order valence-electron chi connectivity index (χ2n) is 3.68. The van der Waals surface area contributed by atoms with Crippen molar-refractivity contribution in [2.24, 2.45) is 0 Å². The molecule has 0 aliphatic carbocycles. The van der Waals surface area contributed by atoms with Gasteiger partial charge in [-0.25, -0.2) is 27.9 Å². The van der Waals surface area contributed by atoms with Crippen LogP contribution in [0.15, 0.2) is 22.4 Å². The fourth-order valence-electron chi connectivity index (χ4n) is 1.33. The molecule has 10 heteroatoms. The van der Waals surface area contributed by atoms with Crippen LogP contribution in [-0.4, -0.2) is 29.5 Å². The molecule has 0 radical (unpaired) electrons. The summed E-state index contributed by atoms with van der Waals surface area (Å²) in [5, 5.41) is 8.88. The summed E-state index contributed by atoms with van der Waals surface area (Å²) in [6.45, 7) is 1.64. The molecular weight excluding hydrogens is 326 g/mol. The second-order valence-corrected chi connectivity index (χ2v) is 7.07. The van der Waals surface area contributed by atoms with Gasteiger partial charge >= 0.3 is 5.97 Å². The highest BCUT2D eigenvalue weighted by atomic mass is 35.5. The Morgan fingerprint density at radius 3 is 2.65 bits per heavy atom. The summed E-state index contributed by atoms with van der Waals surface area (Å²) >= 11 is 6.35. The molecule has 7 nitrogen and oxygen atoms in total. The average molecular weight is 334 g/mol. The Morgan fingerprint density at radius 1 is 1.40 bits per heavy atom. The lowest BCUT2D eigenvalue weighted by Gasteiger charge is -2.05. The van der Waals surface area contributed by atoms with Crippen LogP contribution in [0.5, 0.6) is 0 Å². The van der Waals surface area contributed by atoms with E-state index >= 15 is 0 Å². The van der Waals surface area contributed by atoms with Gasteiger partial charge in [-0.2, -0.15) is 0 Å². The van der Waals surface area contributed by atoms with Gasteiger partial charge in [0.1, 0.15) is 14.2 Å². The summed E-state index contributed by atoms with van der Waals surface area (Å²) in [7, 11) is -3.94. The van der Waals surface area contributed by atoms with Gasteiger partial charge in [-0.15, -0.1) is 11.3 Å². The zero-order chi connectivity index (χ0) is 14.9. The number of carboxylic acid groups (broad SMARTS) is 1. The Labute approximate surface area is 123 Å². The maximum atomic E-state index is 12.0. The van der Waals surface area contributed by atoms with E-state index in [2.05, 4.69) is 14.7 Å². The van der Waals surface area contributed by atoms with E-state index in [9.17, 15) is 13.2 Å². The first-order valence-electron chi connectivity index (χ1n) is 5.15. The number of aryl methyl sites for hydroxylation is 1. The van der Waals surface area contributed by atoms with Crippen molar-refractivity contribution in [1.82, 2.24) is 9.97 Å². The molecule has 2 rings (SSSR count). The highest BCUT2D eigenvalue weighted by Gasteiger charge is 2.20. The highest BCUT2D eigenvalue weighted by molar-refractivity contribution is 7.94. The Bertz CT molecular complexity index is 752. The van der Waals surface area contributed by atoms with E-state index in [0.29, 0.717) is 17.0 Å². The largest absolute Gasteiger partial charge is 0.477 e. The molecule has 0 saturated carbocycles. The number of carbonyl (C=O) groups is 1. The van der Waals surface area contributed by atoms with Crippen LogP contribution in [0.2, 0.25) is 5.15 Å². The topological polar surface area (TPSA) is 109 Å². The van der Waals surface area contributed by atoms with Gasteiger partial charge < -0.3 is 5.11 Å². The molecule has 0 aliphatic rings. The predicted molar refractivity (Wildman–Crippen MR) is 73.9 cm³/mol. The zero-order valence-corrected chi connectivity index (χ0v) is 12.4. The molecule has 2 heterocycles. The van der Waals surface area contributed by atoms with Crippen LogP contribution in [0, 0.1) is 6.92 Å².